The summed E-state index contributed by atoms with van der Waals surface area (Å²) >= 11 is 1.57. The Bertz CT molecular complexity index is 1030. The molecule has 0 saturated carbocycles. The molecule has 1 aliphatic heterocycles. The van der Waals surface area contributed by atoms with Gasteiger partial charge in [0.25, 0.3) is 0 Å². The van der Waals surface area contributed by atoms with Gasteiger partial charge in [-0.05, 0) is 62.7 Å². The van der Waals surface area contributed by atoms with Crippen molar-refractivity contribution in [3.8, 4) is 11.4 Å². The van der Waals surface area contributed by atoms with Crippen LogP contribution in [0.3, 0.4) is 0 Å². The molecule has 0 aliphatic carbocycles. The van der Waals surface area contributed by atoms with Crippen LogP contribution < -0.4 is 10.1 Å². The maximum Gasteiger partial charge on any atom is 0.235 e. The van der Waals surface area contributed by atoms with Crippen molar-refractivity contribution >= 4 is 23.5 Å². The van der Waals surface area contributed by atoms with Crippen LogP contribution in [0.4, 0.5) is 10.2 Å². The summed E-state index contributed by atoms with van der Waals surface area (Å²) in [6.07, 6.45) is 0.109. The fraction of sp³-hybridized carbons (Fsp3) is 0.273. The van der Waals surface area contributed by atoms with Crippen molar-refractivity contribution in [3.05, 3.63) is 71.2 Å². The van der Waals surface area contributed by atoms with Gasteiger partial charge in [-0.3, -0.25) is 4.79 Å². The number of fused-ring (bicyclic) bond motifs is 1. The summed E-state index contributed by atoms with van der Waals surface area (Å²) in [4.78, 5) is 12.4. The number of ether oxygens (including phenoxy) is 1. The molecule has 29 heavy (non-hydrogen) atoms. The van der Waals surface area contributed by atoms with Crippen LogP contribution in [0.1, 0.15) is 35.9 Å². The molecule has 1 N–H and O–H groups in total. The number of nitrogens with one attached hydrogen (secondary N) is 1. The third kappa shape index (κ3) is 4.00. The van der Waals surface area contributed by atoms with Gasteiger partial charge in [-0.1, -0.05) is 12.1 Å². The van der Waals surface area contributed by atoms with Crippen LogP contribution in [-0.4, -0.2) is 27.5 Å². The predicted molar refractivity (Wildman–Crippen MR) is 113 cm³/mol. The molecular weight excluding hydrogens is 389 g/mol. The van der Waals surface area contributed by atoms with Gasteiger partial charge in [0.1, 0.15) is 17.4 Å². The lowest BCUT2D eigenvalue weighted by Gasteiger charge is -2.16. The van der Waals surface area contributed by atoms with Crippen molar-refractivity contribution in [2.45, 2.75) is 32.1 Å². The second kappa shape index (κ2) is 7.91. The summed E-state index contributed by atoms with van der Waals surface area (Å²) in [5.74, 6) is 1.39. The van der Waals surface area contributed by atoms with Gasteiger partial charge in [-0.25, -0.2) is 9.07 Å². The molecule has 150 valence electrons. The van der Waals surface area contributed by atoms with Crippen molar-refractivity contribution in [1.82, 2.24) is 9.78 Å². The van der Waals surface area contributed by atoms with Gasteiger partial charge in [-0.2, -0.15) is 5.10 Å². The van der Waals surface area contributed by atoms with Crippen molar-refractivity contribution in [2.75, 3.05) is 11.1 Å². The predicted octanol–water partition coefficient (Wildman–Crippen LogP) is 4.88. The summed E-state index contributed by atoms with van der Waals surface area (Å²) in [7, 11) is 0. The van der Waals surface area contributed by atoms with Crippen LogP contribution in [0.5, 0.6) is 5.75 Å². The van der Waals surface area contributed by atoms with E-state index in [-0.39, 0.29) is 23.1 Å². The number of thioether (sulfide) groups is 1. The minimum absolute atomic E-state index is 0.0498. The largest absolute Gasteiger partial charge is 0.491 e. The van der Waals surface area contributed by atoms with Crippen LogP contribution in [0.2, 0.25) is 0 Å². The highest BCUT2D eigenvalue weighted by Gasteiger charge is 2.30. The second-order valence-electron chi connectivity index (χ2n) is 7.21. The molecule has 4 rings (SSSR count). The molecule has 0 saturated heterocycles. The van der Waals surface area contributed by atoms with E-state index in [4.69, 9.17) is 4.74 Å². The van der Waals surface area contributed by atoms with E-state index in [9.17, 15) is 9.18 Å². The van der Waals surface area contributed by atoms with E-state index >= 15 is 0 Å². The topological polar surface area (TPSA) is 56.2 Å². The van der Waals surface area contributed by atoms with E-state index in [0.717, 1.165) is 22.6 Å². The zero-order valence-corrected chi connectivity index (χ0v) is 17.3. The van der Waals surface area contributed by atoms with Gasteiger partial charge in [-0.15, -0.1) is 11.8 Å². The molecule has 1 amide bonds. The first-order chi connectivity index (χ1) is 13.9. The fourth-order valence-corrected chi connectivity index (χ4v) is 4.60. The number of hydrogen-bond acceptors (Lipinski definition) is 4. The SMILES string of the molecule is Cc1nn(-c2ccc(F)cc2)c2c1C(c1ccc(OC(C)C)cc1)SCC(=O)N2. The maximum absolute atomic E-state index is 13.4. The highest BCUT2D eigenvalue weighted by molar-refractivity contribution is 8.00. The lowest BCUT2D eigenvalue weighted by Crippen LogP contribution is -2.15. The average Bonchev–Trinajstić information content (AvgIpc) is 2.89. The van der Waals surface area contributed by atoms with Crippen LogP contribution in [0.25, 0.3) is 5.69 Å². The quantitative estimate of drug-likeness (QED) is 0.665. The van der Waals surface area contributed by atoms with Gasteiger partial charge in [0, 0.05) is 5.56 Å². The zero-order valence-electron chi connectivity index (χ0n) is 16.5. The van der Waals surface area contributed by atoms with E-state index in [2.05, 4.69) is 10.4 Å². The molecule has 2 heterocycles. The third-order valence-corrected chi connectivity index (χ3v) is 5.90. The minimum Gasteiger partial charge on any atom is -0.491 e. The van der Waals surface area contributed by atoms with Gasteiger partial charge < -0.3 is 10.1 Å². The monoisotopic (exact) mass is 411 g/mol. The number of carbonyl (C=O) groups excluding carboxylic acids is 1. The molecule has 1 aromatic heterocycles. The normalized spacial score (nSPS) is 16.3. The number of aromatic nitrogens is 2. The Hall–Kier alpha value is -2.80. The summed E-state index contributed by atoms with van der Waals surface area (Å²) in [5, 5.41) is 7.58. The molecule has 7 heteroatoms. The van der Waals surface area contributed by atoms with Gasteiger partial charge >= 0.3 is 0 Å². The molecule has 0 fully saturated rings. The highest BCUT2D eigenvalue weighted by Crippen LogP contribution is 2.44. The number of aryl methyl sites for hydroxylation is 1. The lowest BCUT2D eigenvalue weighted by atomic mass is 10.0. The molecule has 1 aliphatic rings. The zero-order chi connectivity index (χ0) is 20.5. The first-order valence-electron chi connectivity index (χ1n) is 9.46. The number of amides is 1. The molecular formula is C22H22FN3O2S. The number of hydrogen-bond donors (Lipinski definition) is 1. The molecule has 0 bridgehead atoms. The molecule has 3 aromatic rings. The van der Waals surface area contributed by atoms with Gasteiger partial charge in [0.05, 0.1) is 28.5 Å². The van der Waals surface area contributed by atoms with Gasteiger partial charge in [0.15, 0.2) is 0 Å². The molecule has 2 aromatic carbocycles. The smallest absolute Gasteiger partial charge is 0.235 e. The van der Waals surface area contributed by atoms with E-state index in [1.165, 1.54) is 12.1 Å². The summed E-state index contributed by atoms with van der Waals surface area (Å²) < 4.78 is 20.8. The standard InChI is InChI=1S/C22H22FN3O2S/c1-13(2)28-18-10-4-15(5-11-18)21-20-14(3)25-26(17-8-6-16(23)7-9-17)22(20)24-19(27)12-29-21/h4-11,13,21H,12H2,1-3H3,(H,24,27). The van der Waals surface area contributed by atoms with Crippen LogP contribution in [0.15, 0.2) is 48.5 Å². The van der Waals surface area contributed by atoms with Crippen LogP contribution in [-0.2, 0) is 4.79 Å². The molecule has 1 unspecified atom stereocenters. The number of benzene rings is 2. The van der Waals surface area contributed by atoms with Crippen LogP contribution >= 0.6 is 11.8 Å². The molecule has 0 radical (unpaired) electrons. The van der Waals surface area contributed by atoms with Crippen molar-refractivity contribution < 1.29 is 13.9 Å². The highest BCUT2D eigenvalue weighted by atomic mass is 32.2. The Balaban J connectivity index is 1.77. The Morgan fingerprint density at radius 1 is 1.17 bits per heavy atom. The molecule has 1 atom stereocenters. The van der Waals surface area contributed by atoms with E-state index in [1.54, 1.807) is 28.6 Å². The Labute approximate surface area is 173 Å². The summed E-state index contributed by atoms with van der Waals surface area (Å²) in [5.41, 5.74) is 3.56. The summed E-state index contributed by atoms with van der Waals surface area (Å²) in [6, 6.07) is 14.0. The van der Waals surface area contributed by atoms with Crippen molar-refractivity contribution in [3.63, 3.8) is 0 Å². The second-order valence-corrected chi connectivity index (χ2v) is 8.30. The Morgan fingerprint density at radius 3 is 2.52 bits per heavy atom. The minimum atomic E-state index is -0.315. The number of anilines is 1. The summed E-state index contributed by atoms with van der Waals surface area (Å²) in [6.45, 7) is 5.91. The first-order valence-corrected chi connectivity index (χ1v) is 10.5. The Morgan fingerprint density at radius 2 is 1.86 bits per heavy atom. The number of rotatable bonds is 4. The fourth-order valence-electron chi connectivity index (χ4n) is 3.41. The average molecular weight is 412 g/mol. The third-order valence-electron chi connectivity index (χ3n) is 4.63. The maximum atomic E-state index is 13.4. The van der Waals surface area contributed by atoms with E-state index in [0.29, 0.717) is 17.3 Å². The molecule has 0 spiro atoms. The van der Waals surface area contributed by atoms with E-state index in [1.807, 2.05) is 45.0 Å². The number of nitrogens with zero attached hydrogens (tertiary/aromatic N) is 2. The van der Waals surface area contributed by atoms with Gasteiger partial charge in [0.2, 0.25) is 5.91 Å². The number of carbonyl (C=O) groups is 1. The van der Waals surface area contributed by atoms with Crippen molar-refractivity contribution in [2.24, 2.45) is 0 Å². The molecule has 5 nitrogen and oxygen atoms in total. The lowest BCUT2D eigenvalue weighted by molar-refractivity contribution is -0.113. The Kier molecular flexibility index (Phi) is 5.32. The van der Waals surface area contributed by atoms with Crippen molar-refractivity contribution in [1.29, 1.82) is 0 Å². The van der Waals surface area contributed by atoms with Crippen LogP contribution in [0, 0.1) is 12.7 Å². The number of halogens is 1. The first kappa shape index (κ1) is 19.5. The van der Waals surface area contributed by atoms with E-state index < -0.39 is 0 Å².